The molecule has 1 fully saturated rings. The first-order chi connectivity index (χ1) is 6.64. The standard InChI is InChI=1S/C11H18N2S/c1-3-8(2)6-10-13-7-9(14-10)11(12)4-5-11/h7-8H,3-6,12H2,1-2H3. The molecule has 0 aliphatic heterocycles. The SMILES string of the molecule is CCC(C)Cc1ncc(C2(N)CC2)s1. The van der Waals surface area contributed by atoms with Crippen LogP contribution < -0.4 is 5.73 Å². The fraction of sp³-hybridized carbons (Fsp3) is 0.727. The molecule has 0 amide bonds. The summed E-state index contributed by atoms with van der Waals surface area (Å²) in [6.45, 7) is 4.50. The van der Waals surface area contributed by atoms with Gasteiger partial charge in [0, 0.05) is 17.5 Å². The molecule has 1 saturated carbocycles. The summed E-state index contributed by atoms with van der Waals surface area (Å²) in [7, 11) is 0. The van der Waals surface area contributed by atoms with Gasteiger partial charge in [0.2, 0.25) is 0 Å². The molecule has 2 rings (SSSR count). The summed E-state index contributed by atoms with van der Waals surface area (Å²) in [4.78, 5) is 5.74. The van der Waals surface area contributed by atoms with E-state index in [-0.39, 0.29) is 5.54 Å². The van der Waals surface area contributed by atoms with Gasteiger partial charge in [-0.3, -0.25) is 0 Å². The molecule has 0 radical (unpaired) electrons. The number of thiazole rings is 1. The average molecular weight is 210 g/mol. The van der Waals surface area contributed by atoms with E-state index < -0.39 is 0 Å². The van der Waals surface area contributed by atoms with Gasteiger partial charge in [-0.25, -0.2) is 4.98 Å². The largest absolute Gasteiger partial charge is 0.321 e. The second-order valence-electron chi connectivity index (χ2n) is 4.49. The van der Waals surface area contributed by atoms with E-state index in [1.54, 1.807) is 0 Å². The topological polar surface area (TPSA) is 38.9 Å². The van der Waals surface area contributed by atoms with Gasteiger partial charge in [0.05, 0.1) is 10.5 Å². The molecule has 1 unspecified atom stereocenters. The van der Waals surface area contributed by atoms with E-state index in [1.165, 1.54) is 16.3 Å². The summed E-state index contributed by atoms with van der Waals surface area (Å²) in [6.07, 6.45) is 6.59. The van der Waals surface area contributed by atoms with Crippen LogP contribution in [0, 0.1) is 5.92 Å². The van der Waals surface area contributed by atoms with Crippen LogP contribution in [0.1, 0.15) is 43.0 Å². The first-order valence-corrected chi connectivity index (χ1v) is 6.20. The van der Waals surface area contributed by atoms with Crippen LogP contribution in [0.15, 0.2) is 6.20 Å². The minimum absolute atomic E-state index is 0.00533. The van der Waals surface area contributed by atoms with E-state index >= 15 is 0 Å². The molecule has 1 heterocycles. The smallest absolute Gasteiger partial charge is 0.0931 e. The fourth-order valence-electron chi connectivity index (χ4n) is 1.46. The van der Waals surface area contributed by atoms with E-state index in [2.05, 4.69) is 18.8 Å². The van der Waals surface area contributed by atoms with Gasteiger partial charge in [-0.2, -0.15) is 0 Å². The van der Waals surface area contributed by atoms with Crippen molar-refractivity contribution in [2.75, 3.05) is 0 Å². The van der Waals surface area contributed by atoms with Crippen molar-refractivity contribution in [3.05, 3.63) is 16.1 Å². The molecular formula is C11H18N2S. The molecule has 1 aliphatic carbocycles. The number of aromatic nitrogens is 1. The highest BCUT2D eigenvalue weighted by molar-refractivity contribution is 7.11. The van der Waals surface area contributed by atoms with Gasteiger partial charge >= 0.3 is 0 Å². The van der Waals surface area contributed by atoms with E-state index in [4.69, 9.17) is 5.73 Å². The van der Waals surface area contributed by atoms with Crippen LogP contribution in [0.4, 0.5) is 0 Å². The molecule has 1 aromatic heterocycles. The number of hydrogen-bond acceptors (Lipinski definition) is 3. The summed E-state index contributed by atoms with van der Waals surface area (Å²) in [5.74, 6) is 0.738. The second kappa shape index (κ2) is 3.63. The highest BCUT2D eigenvalue weighted by atomic mass is 32.1. The van der Waals surface area contributed by atoms with Gasteiger partial charge in [-0.05, 0) is 18.8 Å². The molecule has 1 aliphatic rings. The van der Waals surface area contributed by atoms with Crippen LogP contribution in [-0.2, 0) is 12.0 Å². The van der Waals surface area contributed by atoms with Crippen molar-refractivity contribution >= 4 is 11.3 Å². The third-order valence-corrected chi connectivity index (χ3v) is 4.29. The highest BCUT2D eigenvalue weighted by Crippen LogP contribution is 2.45. The van der Waals surface area contributed by atoms with Crippen LogP contribution in [0.2, 0.25) is 0 Å². The molecule has 0 aromatic carbocycles. The van der Waals surface area contributed by atoms with Gasteiger partial charge in [0.1, 0.15) is 0 Å². The maximum atomic E-state index is 6.11. The molecule has 3 heteroatoms. The van der Waals surface area contributed by atoms with Crippen molar-refractivity contribution in [3.8, 4) is 0 Å². The highest BCUT2D eigenvalue weighted by Gasteiger charge is 2.41. The molecule has 0 bridgehead atoms. The molecule has 1 atom stereocenters. The monoisotopic (exact) mass is 210 g/mol. The molecule has 0 spiro atoms. The second-order valence-corrected chi connectivity index (χ2v) is 5.61. The van der Waals surface area contributed by atoms with Crippen LogP contribution in [0.5, 0.6) is 0 Å². The van der Waals surface area contributed by atoms with E-state index in [9.17, 15) is 0 Å². The Bertz CT molecular complexity index is 315. The lowest BCUT2D eigenvalue weighted by molar-refractivity contribution is 0.558. The van der Waals surface area contributed by atoms with Crippen LogP contribution >= 0.6 is 11.3 Å². The summed E-state index contributed by atoms with van der Waals surface area (Å²) in [5.41, 5.74) is 6.12. The minimum atomic E-state index is 0.00533. The minimum Gasteiger partial charge on any atom is -0.321 e. The summed E-state index contributed by atoms with van der Waals surface area (Å²) >= 11 is 1.81. The van der Waals surface area contributed by atoms with Crippen molar-refractivity contribution in [1.82, 2.24) is 4.98 Å². The molecule has 14 heavy (non-hydrogen) atoms. The maximum Gasteiger partial charge on any atom is 0.0931 e. The molecule has 1 aromatic rings. The zero-order valence-corrected chi connectivity index (χ0v) is 9.73. The number of rotatable bonds is 4. The zero-order valence-electron chi connectivity index (χ0n) is 8.92. The summed E-state index contributed by atoms with van der Waals surface area (Å²) in [5, 5.41) is 1.26. The number of nitrogens with zero attached hydrogens (tertiary/aromatic N) is 1. The predicted octanol–water partition coefficient (Wildman–Crippen LogP) is 2.68. The van der Waals surface area contributed by atoms with Gasteiger partial charge in [0.25, 0.3) is 0 Å². The molecule has 2 nitrogen and oxygen atoms in total. The summed E-state index contributed by atoms with van der Waals surface area (Å²) in [6, 6.07) is 0. The lowest BCUT2D eigenvalue weighted by Gasteiger charge is -2.04. The Morgan fingerprint density at radius 3 is 2.93 bits per heavy atom. The van der Waals surface area contributed by atoms with Gasteiger partial charge < -0.3 is 5.73 Å². The number of hydrogen-bond donors (Lipinski definition) is 1. The first kappa shape index (κ1) is 10.1. The Morgan fingerprint density at radius 2 is 2.36 bits per heavy atom. The Morgan fingerprint density at radius 1 is 1.64 bits per heavy atom. The normalized spacial score (nSPS) is 20.8. The maximum absolute atomic E-state index is 6.11. The van der Waals surface area contributed by atoms with Crippen LogP contribution in [-0.4, -0.2) is 4.98 Å². The Kier molecular flexibility index (Phi) is 2.62. The van der Waals surface area contributed by atoms with Crippen molar-refractivity contribution in [2.45, 2.75) is 45.1 Å². The quantitative estimate of drug-likeness (QED) is 0.830. The van der Waals surface area contributed by atoms with Gasteiger partial charge in [-0.1, -0.05) is 20.3 Å². The summed E-state index contributed by atoms with van der Waals surface area (Å²) < 4.78 is 0. The first-order valence-electron chi connectivity index (χ1n) is 5.38. The predicted molar refractivity (Wildman–Crippen MR) is 60.4 cm³/mol. The van der Waals surface area contributed by atoms with Crippen LogP contribution in [0.3, 0.4) is 0 Å². The average Bonchev–Trinajstić information content (AvgIpc) is 2.75. The third-order valence-electron chi connectivity index (χ3n) is 3.05. The van der Waals surface area contributed by atoms with E-state index in [1.807, 2.05) is 17.5 Å². The lowest BCUT2D eigenvalue weighted by Crippen LogP contribution is -2.16. The lowest BCUT2D eigenvalue weighted by atomic mass is 10.1. The van der Waals surface area contributed by atoms with Gasteiger partial charge in [-0.15, -0.1) is 11.3 Å². The zero-order chi connectivity index (χ0) is 10.2. The Labute approximate surface area is 89.5 Å². The van der Waals surface area contributed by atoms with E-state index in [0.717, 1.165) is 25.2 Å². The van der Waals surface area contributed by atoms with Crippen LogP contribution in [0.25, 0.3) is 0 Å². The van der Waals surface area contributed by atoms with Crippen molar-refractivity contribution < 1.29 is 0 Å². The van der Waals surface area contributed by atoms with Crippen molar-refractivity contribution in [1.29, 1.82) is 0 Å². The van der Waals surface area contributed by atoms with Crippen molar-refractivity contribution in [3.63, 3.8) is 0 Å². The number of nitrogens with two attached hydrogens (primary N) is 1. The molecule has 2 N–H and O–H groups in total. The Balaban J connectivity index is 2.03. The fourth-order valence-corrected chi connectivity index (χ4v) is 2.70. The van der Waals surface area contributed by atoms with Gasteiger partial charge in [0.15, 0.2) is 0 Å². The molecule has 78 valence electrons. The third kappa shape index (κ3) is 1.98. The van der Waals surface area contributed by atoms with Crippen molar-refractivity contribution in [2.24, 2.45) is 11.7 Å². The molecule has 0 saturated heterocycles. The van der Waals surface area contributed by atoms with E-state index in [0.29, 0.717) is 0 Å². The molecular weight excluding hydrogens is 192 g/mol. The Hall–Kier alpha value is -0.410.